The average molecular weight is 339 g/mol. The van der Waals surface area contributed by atoms with E-state index in [9.17, 15) is 9.59 Å². The Morgan fingerprint density at radius 1 is 0.808 bits per heavy atom. The molecule has 0 aliphatic carbocycles. The molecule has 0 radical (unpaired) electrons. The molecule has 0 saturated carbocycles. The third-order valence-electron chi connectivity index (χ3n) is 4.66. The zero-order chi connectivity index (χ0) is 17.7. The van der Waals surface area contributed by atoms with Gasteiger partial charge in [-0.25, -0.2) is 4.79 Å². The minimum absolute atomic E-state index is 0.127. The molecule has 4 nitrogen and oxygen atoms in total. The van der Waals surface area contributed by atoms with Crippen molar-refractivity contribution in [2.45, 2.75) is 0 Å². The van der Waals surface area contributed by atoms with E-state index < -0.39 is 5.63 Å². The highest BCUT2D eigenvalue weighted by atomic mass is 16.4. The molecule has 0 aliphatic heterocycles. The first-order chi connectivity index (χ1) is 12.8. The maximum Gasteiger partial charge on any atom is 0.346 e. The Kier molecular flexibility index (Phi) is 3.06. The van der Waals surface area contributed by atoms with Gasteiger partial charge in [0.15, 0.2) is 0 Å². The van der Waals surface area contributed by atoms with E-state index in [0.717, 1.165) is 5.39 Å². The molecule has 4 heteroatoms. The number of carbonyl (C=O) groups excluding carboxylic acids is 1. The highest BCUT2D eigenvalue weighted by Crippen LogP contribution is 2.32. The van der Waals surface area contributed by atoms with Crippen LogP contribution in [-0.4, -0.2) is 10.2 Å². The quantitative estimate of drug-likeness (QED) is 0.353. The van der Waals surface area contributed by atoms with Gasteiger partial charge in [-0.3, -0.25) is 4.79 Å². The summed E-state index contributed by atoms with van der Waals surface area (Å²) in [4.78, 5) is 26.0. The molecule has 5 aromatic rings. The summed E-state index contributed by atoms with van der Waals surface area (Å²) in [5.41, 5.74) is 1.76. The minimum Gasteiger partial charge on any atom is -0.422 e. The molecule has 5 rings (SSSR count). The summed E-state index contributed by atoms with van der Waals surface area (Å²) in [6.45, 7) is 0. The molecule has 0 aliphatic rings. The normalized spacial score (nSPS) is 11.4. The summed E-state index contributed by atoms with van der Waals surface area (Å²) < 4.78 is 7.28. The summed E-state index contributed by atoms with van der Waals surface area (Å²) in [7, 11) is 0. The highest BCUT2D eigenvalue weighted by Gasteiger charge is 2.23. The van der Waals surface area contributed by atoms with Crippen molar-refractivity contribution in [1.29, 1.82) is 0 Å². The summed E-state index contributed by atoms with van der Waals surface area (Å²) in [5.74, 6) is -0.127. The molecule has 0 fully saturated rings. The van der Waals surface area contributed by atoms with Gasteiger partial charge in [0.1, 0.15) is 11.3 Å². The van der Waals surface area contributed by atoms with E-state index in [1.54, 1.807) is 28.8 Å². The van der Waals surface area contributed by atoms with Crippen molar-refractivity contribution in [3.05, 3.63) is 101 Å². The van der Waals surface area contributed by atoms with Crippen LogP contribution in [-0.2, 0) is 0 Å². The topological polar surface area (TPSA) is 51.7 Å². The van der Waals surface area contributed by atoms with Crippen LogP contribution in [0.5, 0.6) is 0 Å². The van der Waals surface area contributed by atoms with Crippen molar-refractivity contribution < 1.29 is 9.21 Å². The monoisotopic (exact) mass is 339 g/mol. The lowest BCUT2D eigenvalue weighted by atomic mass is 10.0. The molecule has 0 unspecified atom stereocenters. The number of hydrogen-bond acceptors (Lipinski definition) is 3. The molecular formula is C22H13NO3. The van der Waals surface area contributed by atoms with Crippen molar-refractivity contribution in [3.8, 4) is 0 Å². The number of nitrogens with zero attached hydrogens (tertiary/aromatic N) is 1. The number of aromatic nitrogens is 1. The summed E-state index contributed by atoms with van der Waals surface area (Å²) in [6.07, 6.45) is 1.81. The fourth-order valence-corrected chi connectivity index (χ4v) is 3.54. The SMILES string of the molecule is O=C(c1ccccc1)c1c2c3ccccc3oc(=O)c2c2ccccn12. The van der Waals surface area contributed by atoms with E-state index in [4.69, 9.17) is 4.42 Å². The number of para-hydroxylation sites is 1. The van der Waals surface area contributed by atoms with Gasteiger partial charge in [0.2, 0.25) is 5.78 Å². The zero-order valence-corrected chi connectivity index (χ0v) is 13.7. The standard InChI is InChI=1S/C22H13NO3/c24-21(14-8-2-1-3-9-14)20-18-15-10-4-5-12-17(15)26-22(25)19(18)16-11-6-7-13-23(16)20/h1-13H. The van der Waals surface area contributed by atoms with Crippen LogP contribution in [0.15, 0.2) is 88.2 Å². The van der Waals surface area contributed by atoms with Crippen molar-refractivity contribution in [1.82, 2.24) is 4.40 Å². The largest absolute Gasteiger partial charge is 0.422 e. The molecule has 26 heavy (non-hydrogen) atoms. The summed E-state index contributed by atoms with van der Waals surface area (Å²) in [6, 6.07) is 21.9. The smallest absolute Gasteiger partial charge is 0.346 e. The summed E-state index contributed by atoms with van der Waals surface area (Å²) in [5, 5.41) is 1.82. The first kappa shape index (κ1) is 14.7. The van der Waals surface area contributed by atoms with Gasteiger partial charge in [0.05, 0.1) is 10.9 Å². The molecule has 124 valence electrons. The first-order valence-corrected chi connectivity index (χ1v) is 8.30. The van der Waals surface area contributed by atoms with E-state index in [2.05, 4.69) is 0 Å². The van der Waals surface area contributed by atoms with Crippen LogP contribution < -0.4 is 5.63 Å². The Labute approximate surface area is 147 Å². The average Bonchev–Trinajstić information content (AvgIpc) is 3.04. The van der Waals surface area contributed by atoms with Crippen molar-refractivity contribution >= 4 is 33.0 Å². The van der Waals surface area contributed by atoms with E-state index in [0.29, 0.717) is 33.1 Å². The maximum atomic E-state index is 13.3. The first-order valence-electron chi connectivity index (χ1n) is 8.30. The molecule has 2 aromatic carbocycles. The van der Waals surface area contributed by atoms with Crippen LogP contribution >= 0.6 is 0 Å². The van der Waals surface area contributed by atoms with Gasteiger partial charge < -0.3 is 8.82 Å². The molecular weight excluding hydrogens is 326 g/mol. The second-order valence-corrected chi connectivity index (χ2v) is 6.14. The van der Waals surface area contributed by atoms with Gasteiger partial charge in [-0.05, 0) is 18.2 Å². The number of pyridine rings is 1. The highest BCUT2D eigenvalue weighted by molar-refractivity contribution is 6.24. The van der Waals surface area contributed by atoms with Crippen LogP contribution in [0.4, 0.5) is 0 Å². The number of rotatable bonds is 2. The number of carbonyl (C=O) groups is 1. The molecule has 0 spiro atoms. The van der Waals surface area contributed by atoms with E-state index in [1.165, 1.54) is 0 Å². The zero-order valence-electron chi connectivity index (χ0n) is 13.7. The Morgan fingerprint density at radius 3 is 2.38 bits per heavy atom. The minimum atomic E-state index is -0.436. The Bertz CT molecular complexity index is 1360. The van der Waals surface area contributed by atoms with Crippen molar-refractivity contribution in [2.24, 2.45) is 0 Å². The van der Waals surface area contributed by atoms with Crippen LogP contribution in [0.1, 0.15) is 16.1 Å². The molecule has 0 N–H and O–H groups in total. The number of benzene rings is 2. The van der Waals surface area contributed by atoms with Crippen molar-refractivity contribution in [2.75, 3.05) is 0 Å². The van der Waals surface area contributed by atoms with Crippen LogP contribution in [0, 0.1) is 0 Å². The lowest BCUT2D eigenvalue weighted by molar-refractivity contribution is 0.103. The van der Waals surface area contributed by atoms with Gasteiger partial charge in [0, 0.05) is 22.5 Å². The van der Waals surface area contributed by atoms with E-state index in [1.807, 2.05) is 54.6 Å². The number of ketones is 1. The van der Waals surface area contributed by atoms with Gasteiger partial charge in [-0.1, -0.05) is 54.6 Å². The predicted octanol–water partition coefficient (Wildman–Crippen LogP) is 4.43. The van der Waals surface area contributed by atoms with E-state index in [-0.39, 0.29) is 5.78 Å². The number of fused-ring (bicyclic) bond motifs is 5. The lowest BCUT2D eigenvalue weighted by Gasteiger charge is -2.04. The lowest BCUT2D eigenvalue weighted by Crippen LogP contribution is -2.06. The molecule has 0 atom stereocenters. The second kappa shape index (κ2) is 5.43. The third kappa shape index (κ3) is 1.96. The van der Waals surface area contributed by atoms with Gasteiger partial charge in [0.25, 0.3) is 0 Å². The second-order valence-electron chi connectivity index (χ2n) is 6.14. The Morgan fingerprint density at radius 2 is 1.54 bits per heavy atom. The third-order valence-corrected chi connectivity index (χ3v) is 4.66. The fraction of sp³-hybridized carbons (Fsp3) is 0. The maximum absolute atomic E-state index is 13.3. The summed E-state index contributed by atoms with van der Waals surface area (Å²) >= 11 is 0. The number of hydrogen-bond donors (Lipinski definition) is 0. The van der Waals surface area contributed by atoms with Crippen LogP contribution in [0.25, 0.3) is 27.3 Å². The van der Waals surface area contributed by atoms with Crippen LogP contribution in [0.2, 0.25) is 0 Å². The molecule has 3 heterocycles. The molecule has 0 saturated heterocycles. The van der Waals surface area contributed by atoms with Gasteiger partial charge in [-0.2, -0.15) is 0 Å². The Hall–Kier alpha value is -3.66. The Balaban J connectivity index is 2.04. The van der Waals surface area contributed by atoms with Crippen molar-refractivity contribution in [3.63, 3.8) is 0 Å². The predicted molar refractivity (Wildman–Crippen MR) is 101 cm³/mol. The van der Waals surface area contributed by atoms with E-state index >= 15 is 0 Å². The van der Waals surface area contributed by atoms with Crippen LogP contribution in [0.3, 0.4) is 0 Å². The van der Waals surface area contributed by atoms with Gasteiger partial charge >= 0.3 is 5.63 Å². The van der Waals surface area contributed by atoms with Gasteiger partial charge in [-0.15, -0.1) is 0 Å². The molecule has 0 amide bonds. The fourth-order valence-electron chi connectivity index (χ4n) is 3.54. The molecule has 0 bridgehead atoms. The molecule has 3 aromatic heterocycles.